The van der Waals surface area contributed by atoms with Gasteiger partial charge in [-0.15, -0.1) is 16.4 Å². The van der Waals surface area contributed by atoms with Crippen LogP contribution in [0.5, 0.6) is 5.75 Å². The van der Waals surface area contributed by atoms with Gasteiger partial charge in [-0.25, -0.2) is 0 Å². The number of benzene rings is 1. The maximum absolute atomic E-state index is 10.4. The molecule has 0 bridgehead atoms. The zero-order valence-corrected chi connectivity index (χ0v) is 15.6. The largest absolute Gasteiger partial charge is 0.497 e. The second-order valence-electron chi connectivity index (χ2n) is 5.78. The number of methoxy groups -OCH3 is 1. The number of rotatable bonds is 4. The first kappa shape index (κ1) is 18.1. The molecular formula is C19H20N4O2S. The van der Waals surface area contributed by atoms with Gasteiger partial charge in [0, 0.05) is 10.9 Å². The number of fused-ring (bicyclic) bond motifs is 1. The number of aliphatic hydroxyl groups excluding tert-OH is 1. The van der Waals surface area contributed by atoms with Gasteiger partial charge < -0.3 is 15.6 Å². The summed E-state index contributed by atoms with van der Waals surface area (Å²) >= 11 is 1.34. The van der Waals surface area contributed by atoms with Gasteiger partial charge in [0.15, 0.2) is 0 Å². The van der Waals surface area contributed by atoms with Crippen molar-refractivity contribution >= 4 is 27.2 Å². The van der Waals surface area contributed by atoms with Gasteiger partial charge in [-0.2, -0.15) is 5.10 Å². The van der Waals surface area contributed by atoms with Gasteiger partial charge in [-0.3, -0.25) is 5.32 Å². The summed E-state index contributed by atoms with van der Waals surface area (Å²) in [5.41, 5.74) is 9.47. The van der Waals surface area contributed by atoms with Crippen molar-refractivity contribution in [2.24, 2.45) is 0 Å². The minimum Gasteiger partial charge on any atom is -0.497 e. The van der Waals surface area contributed by atoms with E-state index in [0.717, 1.165) is 32.8 Å². The molecule has 0 radical (unpaired) electrons. The maximum Gasteiger partial charge on any atom is 0.148 e. The Kier molecular flexibility index (Phi) is 5.38. The van der Waals surface area contributed by atoms with Crippen molar-refractivity contribution < 1.29 is 9.84 Å². The van der Waals surface area contributed by atoms with Crippen LogP contribution in [0.3, 0.4) is 0 Å². The number of nitrogen functional groups attached to an aromatic ring is 1. The van der Waals surface area contributed by atoms with E-state index in [1.165, 1.54) is 11.3 Å². The Labute approximate surface area is 156 Å². The first-order valence-electron chi connectivity index (χ1n) is 8.07. The van der Waals surface area contributed by atoms with Crippen LogP contribution in [0.25, 0.3) is 10.2 Å². The maximum atomic E-state index is 10.4. The van der Waals surface area contributed by atoms with Gasteiger partial charge in [0.1, 0.15) is 16.8 Å². The zero-order chi connectivity index (χ0) is 18.7. The molecule has 0 aliphatic heterocycles. The van der Waals surface area contributed by atoms with E-state index in [9.17, 15) is 5.11 Å². The van der Waals surface area contributed by atoms with Crippen LogP contribution in [0.15, 0.2) is 24.3 Å². The lowest BCUT2D eigenvalue weighted by Crippen LogP contribution is -2.21. The van der Waals surface area contributed by atoms with Crippen molar-refractivity contribution in [1.82, 2.24) is 15.5 Å². The molecule has 0 saturated carbocycles. The second kappa shape index (κ2) is 7.70. The molecule has 0 spiro atoms. The molecule has 26 heavy (non-hydrogen) atoms. The van der Waals surface area contributed by atoms with Crippen LogP contribution in [-0.4, -0.2) is 29.0 Å². The van der Waals surface area contributed by atoms with Gasteiger partial charge in [0.25, 0.3) is 0 Å². The number of ether oxygens (including phenoxy) is 1. The van der Waals surface area contributed by atoms with E-state index in [2.05, 4.69) is 27.4 Å². The molecule has 0 amide bonds. The van der Waals surface area contributed by atoms with Crippen molar-refractivity contribution in [3.05, 3.63) is 46.0 Å². The molecule has 134 valence electrons. The molecule has 0 aliphatic rings. The second-order valence-corrected chi connectivity index (χ2v) is 6.81. The van der Waals surface area contributed by atoms with Crippen LogP contribution < -0.4 is 15.8 Å². The number of nitrogens with zero attached hydrogens (tertiary/aromatic N) is 2. The van der Waals surface area contributed by atoms with Crippen LogP contribution in [0.2, 0.25) is 0 Å². The van der Waals surface area contributed by atoms with E-state index in [1.807, 2.05) is 38.1 Å². The van der Waals surface area contributed by atoms with E-state index in [-0.39, 0.29) is 0 Å². The first-order chi connectivity index (χ1) is 12.5. The molecule has 6 nitrogen and oxygen atoms in total. The van der Waals surface area contributed by atoms with Crippen LogP contribution in [-0.2, 0) is 0 Å². The normalized spacial score (nSPS) is 11.8. The number of nitrogens with two attached hydrogens (primary N) is 1. The number of aliphatic hydroxyl groups is 1. The molecule has 3 aromatic rings. The highest BCUT2D eigenvalue weighted by atomic mass is 32.1. The minimum atomic E-state index is -0.904. The molecule has 4 N–H and O–H groups in total. The summed E-state index contributed by atoms with van der Waals surface area (Å²) in [6, 6.07) is 7.48. The van der Waals surface area contributed by atoms with Crippen molar-refractivity contribution in [2.75, 3.05) is 19.4 Å². The van der Waals surface area contributed by atoms with Crippen molar-refractivity contribution in [1.29, 1.82) is 0 Å². The standard InChI is InChI=1S/C19H20N4O2S/c1-11-12(2)22-23-19-15(11)16(20)17(26-19)18(24)21-10-4-5-13-6-8-14(25-3)9-7-13/h6-9,18,21,24H,10,20H2,1-3H3. The van der Waals surface area contributed by atoms with Crippen LogP contribution in [0, 0.1) is 25.7 Å². The van der Waals surface area contributed by atoms with Gasteiger partial charge in [0.2, 0.25) is 0 Å². The number of anilines is 1. The van der Waals surface area contributed by atoms with Gasteiger partial charge in [-0.1, -0.05) is 11.8 Å². The summed E-state index contributed by atoms with van der Waals surface area (Å²) in [5.74, 6) is 6.81. The number of thiophene rings is 1. The fraction of sp³-hybridized carbons (Fsp3) is 0.263. The molecule has 2 heterocycles. The predicted octanol–water partition coefficient (Wildman–Crippen LogP) is 2.53. The molecular weight excluding hydrogens is 348 g/mol. The van der Waals surface area contributed by atoms with Crippen LogP contribution >= 0.6 is 11.3 Å². The quantitative estimate of drug-likeness (QED) is 0.484. The number of aryl methyl sites for hydroxylation is 2. The van der Waals surface area contributed by atoms with E-state index in [4.69, 9.17) is 10.5 Å². The third-order valence-corrected chi connectivity index (χ3v) is 5.26. The molecule has 1 unspecified atom stereocenters. The fourth-order valence-electron chi connectivity index (χ4n) is 2.52. The van der Waals surface area contributed by atoms with E-state index in [0.29, 0.717) is 17.1 Å². The van der Waals surface area contributed by atoms with Gasteiger partial charge in [0.05, 0.1) is 29.9 Å². The molecule has 2 aromatic heterocycles. The van der Waals surface area contributed by atoms with Crippen LogP contribution in [0.4, 0.5) is 5.69 Å². The summed E-state index contributed by atoms with van der Waals surface area (Å²) in [6.07, 6.45) is -0.904. The highest BCUT2D eigenvalue weighted by Crippen LogP contribution is 2.37. The van der Waals surface area contributed by atoms with E-state index >= 15 is 0 Å². The lowest BCUT2D eigenvalue weighted by molar-refractivity contribution is 0.149. The Hall–Kier alpha value is -2.66. The predicted molar refractivity (Wildman–Crippen MR) is 104 cm³/mol. The summed E-state index contributed by atoms with van der Waals surface area (Å²) in [5, 5.41) is 22.5. The molecule has 1 aromatic carbocycles. The van der Waals surface area contributed by atoms with E-state index < -0.39 is 6.23 Å². The molecule has 7 heteroatoms. The highest BCUT2D eigenvalue weighted by Gasteiger charge is 2.19. The Balaban J connectivity index is 1.70. The highest BCUT2D eigenvalue weighted by molar-refractivity contribution is 7.19. The first-order valence-corrected chi connectivity index (χ1v) is 8.89. The summed E-state index contributed by atoms with van der Waals surface area (Å²) in [7, 11) is 1.63. The Morgan fingerprint density at radius 3 is 2.69 bits per heavy atom. The zero-order valence-electron chi connectivity index (χ0n) is 14.8. The van der Waals surface area contributed by atoms with Crippen molar-refractivity contribution in [2.45, 2.75) is 20.1 Å². The van der Waals surface area contributed by atoms with Gasteiger partial charge >= 0.3 is 0 Å². The Morgan fingerprint density at radius 1 is 1.27 bits per heavy atom. The SMILES string of the molecule is COc1ccc(C#CCNC(O)c2sc3nnc(C)c(C)c3c2N)cc1. The monoisotopic (exact) mass is 368 g/mol. The number of nitrogens with one attached hydrogen (secondary N) is 1. The third-order valence-electron chi connectivity index (χ3n) is 4.12. The fourth-order valence-corrected chi connectivity index (χ4v) is 3.58. The summed E-state index contributed by atoms with van der Waals surface area (Å²) < 4.78 is 5.11. The third kappa shape index (κ3) is 3.63. The minimum absolute atomic E-state index is 0.324. The molecule has 0 aliphatic carbocycles. The average Bonchev–Trinajstić information content (AvgIpc) is 2.99. The van der Waals surface area contributed by atoms with Gasteiger partial charge in [-0.05, 0) is 43.7 Å². The topological polar surface area (TPSA) is 93.3 Å². The molecule has 0 saturated heterocycles. The molecule has 3 rings (SSSR count). The summed E-state index contributed by atoms with van der Waals surface area (Å²) in [4.78, 5) is 1.36. The van der Waals surface area contributed by atoms with Crippen molar-refractivity contribution in [3.8, 4) is 17.6 Å². The average molecular weight is 368 g/mol. The Morgan fingerprint density at radius 2 is 2.00 bits per heavy atom. The number of aromatic nitrogens is 2. The lowest BCUT2D eigenvalue weighted by Gasteiger charge is -2.09. The summed E-state index contributed by atoms with van der Waals surface area (Å²) in [6.45, 7) is 4.17. The lowest BCUT2D eigenvalue weighted by atomic mass is 10.1. The number of hydrogen-bond donors (Lipinski definition) is 3. The smallest absolute Gasteiger partial charge is 0.148 e. The number of hydrogen-bond acceptors (Lipinski definition) is 7. The molecule has 1 atom stereocenters. The van der Waals surface area contributed by atoms with E-state index in [1.54, 1.807) is 7.11 Å². The van der Waals surface area contributed by atoms with Crippen molar-refractivity contribution in [3.63, 3.8) is 0 Å². The van der Waals surface area contributed by atoms with Crippen LogP contribution in [0.1, 0.15) is 27.9 Å². The Bertz CT molecular complexity index is 987. The molecule has 0 fully saturated rings.